The Bertz CT molecular complexity index is 1010. The highest BCUT2D eigenvalue weighted by atomic mass is 16.5. The van der Waals surface area contributed by atoms with E-state index in [1.807, 2.05) is 31.2 Å². The molecule has 3 aromatic rings. The van der Waals surface area contributed by atoms with Gasteiger partial charge in [0.05, 0.1) is 17.7 Å². The molecule has 0 aliphatic rings. The molecule has 0 saturated heterocycles. The molecule has 0 N–H and O–H groups in total. The van der Waals surface area contributed by atoms with Crippen LogP contribution in [0, 0.1) is 0 Å². The summed E-state index contributed by atoms with van der Waals surface area (Å²) in [5.41, 5.74) is 0.607. The number of pyridine rings is 1. The summed E-state index contributed by atoms with van der Waals surface area (Å²) in [5.74, 6) is 1.31. The fourth-order valence-electron chi connectivity index (χ4n) is 2.59. The first-order chi connectivity index (χ1) is 13.6. The molecule has 0 fully saturated rings. The van der Waals surface area contributed by atoms with Gasteiger partial charge >= 0.3 is 5.97 Å². The van der Waals surface area contributed by atoms with E-state index < -0.39 is 5.97 Å². The first-order valence-electron chi connectivity index (χ1n) is 8.90. The summed E-state index contributed by atoms with van der Waals surface area (Å²) in [7, 11) is 1.65. The molecular weight excluding hydrogens is 358 g/mol. The molecule has 0 aliphatic carbocycles. The minimum Gasteiger partial charge on any atom is -0.490 e. The summed E-state index contributed by atoms with van der Waals surface area (Å²) in [5, 5.41) is 0. The topological polar surface area (TPSA) is 66.8 Å². The lowest BCUT2D eigenvalue weighted by molar-refractivity contribution is 0.0470. The molecule has 1 heterocycles. The van der Waals surface area contributed by atoms with Crippen molar-refractivity contribution in [1.82, 2.24) is 4.57 Å². The van der Waals surface area contributed by atoms with Gasteiger partial charge in [-0.15, -0.1) is 0 Å². The lowest BCUT2D eigenvalue weighted by Gasteiger charge is -2.11. The molecule has 6 nitrogen and oxygen atoms in total. The van der Waals surface area contributed by atoms with E-state index in [1.165, 1.54) is 4.57 Å². The number of hydrogen-bond acceptors (Lipinski definition) is 5. The quantitative estimate of drug-likeness (QED) is 0.582. The van der Waals surface area contributed by atoms with Crippen LogP contribution in [0.1, 0.15) is 22.8 Å². The van der Waals surface area contributed by atoms with Gasteiger partial charge < -0.3 is 18.8 Å². The third kappa shape index (κ3) is 4.59. The van der Waals surface area contributed by atoms with Gasteiger partial charge in [-0.3, -0.25) is 4.79 Å². The summed E-state index contributed by atoms with van der Waals surface area (Å²) in [6.07, 6.45) is 1.65. The molecule has 0 aliphatic heterocycles. The first kappa shape index (κ1) is 19.2. The maximum absolute atomic E-state index is 12.2. The Morgan fingerprint density at radius 1 is 0.964 bits per heavy atom. The van der Waals surface area contributed by atoms with E-state index in [4.69, 9.17) is 14.2 Å². The van der Waals surface area contributed by atoms with Crippen LogP contribution < -0.4 is 15.0 Å². The predicted octanol–water partition coefficient (Wildman–Crippen LogP) is 3.93. The number of nitrogens with zero attached hydrogens (tertiary/aromatic N) is 1. The van der Waals surface area contributed by atoms with E-state index in [0.29, 0.717) is 35.0 Å². The maximum Gasteiger partial charge on any atom is 0.338 e. The number of ether oxygens (including phenoxy) is 3. The van der Waals surface area contributed by atoms with Gasteiger partial charge in [0, 0.05) is 13.2 Å². The van der Waals surface area contributed by atoms with Crippen molar-refractivity contribution in [3.05, 3.63) is 88.3 Å². The zero-order valence-electron chi connectivity index (χ0n) is 15.8. The van der Waals surface area contributed by atoms with Gasteiger partial charge in [0.1, 0.15) is 12.4 Å². The number of carbonyl (C=O) groups excluding carboxylic acids is 1. The lowest BCUT2D eigenvalue weighted by atomic mass is 10.2. The van der Waals surface area contributed by atoms with Gasteiger partial charge in [0.25, 0.3) is 5.56 Å². The van der Waals surface area contributed by atoms with Crippen molar-refractivity contribution in [2.75, 3.05) is 6.61 Å². The molecule has 2 aromatic carbocycles. The van der Waals surface area contributed by atoms with Gasteiger partial charge in [0.2, 0.25) is 0 Å². The number of esters is 1. The molecule has 0 amide bonds. The van der Waals surface area contributed by atoms with Crippen LogP contribution in [0.3, 0.4) is 0 Å². The summed E-state index contributed by atoms with van der Waals surface area (Å²) >= 11 is 0. The zero-order chi connectivity index (χ0) is 19.9. The van der Waals surface area contributed by atoms with E-state index in [0.717, 1.165) is 0 Å². The lowest BCUT2D eigenvalue weighted by Crippen LogP contribution is -2.21. The average molecular weight is 379 g/mol. The molecule has 0 radical (unpaired) electrons. The van der Waals surface area contributed by atoms with Crippen LogP contribution in [0.2, 0.25) is 0 Å². The second kappa shape index (κ2) is 8.90. The molecule has 0 bridgehead atoms. The largest absolute Gasteiger partial charge is 0.490 e. The van der Waals surface area contributed by atoms with Crippen molar-refractivity contribution in [3.63, 3.8) is 0 Å². The molecule has 0 atom stereocenters. The third-order valence-corrected chi connectivity index (χ3v) is 4.03. The number of para-hydroxylation sites is 2. The first-order valence-corrected chi connectivity index (χ1v) is 8.90. The highest BCUT2D eigenvalue weighted by molar-refractivity contribution is 5.89. The van der Waals surface area contributed by atoms with Crippen LogP contribution in [0.5, 0.6) is 17.2 Å². The van der Waals surface area contributed by atoms with Crippen molar-refractivity contribution < 1.29 is 19.0 Å². The van der Waals surface area contributed by atoms with Crippen LogP contribution in [-0.4, -0.2) is 17.1 Å². The normalized spacial score (nSPS) is 10.4. The highest BCUT2D eigenvalue weighted by Crippen LogP contribution is 2.31. The Labute approximate surface area is 162 Å². The van der Waals surface area contributed by atoms with Crippen molar-refractivity contribution in [3.8, 4) is 17.2 Å². The van der Waals surface area contributed by atoms with Gasteiger partial charge in [-0.1, -0.05) is 12.1 Å². The standard InChI is InChI=1S/C22H21NO5/c1-3-26-19-8-4-5-9-20(19)28-18-12-10-16(11-13-18)22(25)27-15-17-7-6-14-23(2)21(17)24/h4-14H,3,15H2,1-2H3. The van der Waals surface area contributed by atoms with Gasteiger partial charge in [0.15, 0.2) is 11.5 Å². The van der Waals surface area contributed by atoms with Crippen molar-refractivity contribution >= 4 is 5.97 Å². The Hall–Kier alpha value is -3.54. The number of hydrogen-bond donors (Lipinski definition) is 0. The predicted molar refractivity (Wildman–Crippen MR) is 105 cm³/mol. The Balaban J connectivity index is 1.65. The summed E-state index contributed by atoms with van der Waals surface area (Å²) in [4.78, 5) is 24.2. The van der Waals surface area contributed by atoms with Crippen LogP contribution in [-0.2, 0) is 18.4 Å². The second-order valence-electron chi connectivity index (χ2n) is 6.03. The van der Waals surface area contributed by atoms with Gasteiger partial charge in [-0.05, 0) is 55.5 Å². The van der Waals surface area contributed by atoms with Gasteiger partial charge in [-0.25, -0.2) is 4.79 Å². The number of rotatable bonds is 7. The molecule has 0 unspecified atom stereocenters. The molecular formula is C22H21NO5. The van der Waals surface area contributed by atoms with Crippen molar-refractivity contribution in [1.29, 1.82) is 0 Å². The summed E-state index contributed by atoms with van der Waals surface area (Å²) < 4.78 is 18.1. The SMILES string of the molecule is CCOc1ccccc1Oc1ccc(C(=O)OCc2cccn(C)c2=O)cc1. The average Bonchev–Trinajstić information content (AvgIpc) is 2.71. The van der Waals surface area contributed by atoms with Crippen LogP contribution in [0.25, 0.3) is 0 Å². The van der Waals surface area contributed by atoms with E-state index in [9.17, 15) is 9.59 Å². The number of aryl methyl sites for hydroxylation is 1. The minimum absolute atomic E-state index is 0.0771. The minimum atomic E-state index is -0.507. The zero-order valence-corrected chi connectivity index (χ0v) is 15.8. The van der Waals surface area contributed by atoms with E-state index in [1.54, 1.807) is 49.6 Å². The van der Waals surface area contributed by atoms with Crippen LogP contribution in [0.15, 0.2) is 71.7 Å². The third-order valence-electron chi connectivity index (χ3n) is 4.03. The van der Waals surface area contributed by atoms with Crippen molar-refractivity contribution in [2.24, 2.45) is 7.05 Å². The molecule has 3 rings (SSSR count). The molecule has 6 heteroatoms. The smallest absolute Gasteiger partial charge is 0.338 e. The van der Waals surface area contributed by atoms with Crippen LogP contribution >= 0.6 is 0 Å². The second-order valence-corrected chi connectivity index (χ2v) is 6.03. The molecule has 28 heavy (non-hydrogen) atoms. The number of aromatic nitrogens is 1. The Morgan fingerprint density at radius 2 is 1.68 bits per heavy atom. The number of carbonyl (C=O) groups is 1. The molecule has 0 spiro atoms. The highest BCUT2D eigenvalue weighted by Gasteiger charge is 2.11. The Kier molecular flexibility index (Phi) is 6.11. The van der Waals surface area contributed by atoms with E-state index in [2.05, 4.69) is 0 Å². The molecule has 0 saturated carbocycles. The molecule has 144 valence electrons. The van der Waals surface area contributed by atoms with E-state index in [-0.39, 0.29) is 12.2 Å². The van der Waals surface area contributed by atoms with Crippen LogP contribution in [0.4, 0.5) is 0 Å². The maximum atomic E-state index is 12.2. The number of benzene rings is 2. The van der Waals surface area contributed by atoms with Crippen molar-refractivity contribution in [2.45, 2.75) is 13.5 Å². The molecule has 1 aromatic heterocycles. The monoisotopic (exact) mass is 379 g/mol. The van der Waals surface area contributed by atoms with Gasteiger partial charge in [-0.2, -0.15) is 0 Å². The fourth-order valence-corrected chi connectivity index (χ4v) is 2.59. The summed E-state index contributed by atoms with van der Waals surface area (Å²) in [6, 6.07) is 17.3. The fraction of sp³-hybridized carbons (Fsp3) is 0.182. The van der Waals surface area contributed by atoms with E-state index >= 15 is 0 Å². The Morgan fingerprint density at radius 3 is 2.39 bits per heavy atom. The summed E-state index contributed by atoms with van der Waals surface area (Å²) in [6.45, 7) is 2.37.